The summed E-state index contributed by atoms with van der Waals surface area (Å²) < 4.78 is 27.4. The summed E-state index contributed by atoms with van der Waals surface area (Å²) >= 11 is 14.1. The van der Waals surface area contributed by atoms with Gasteiger partial charge in [0.25, 0.3) is 0 Å². The summed E-state index contributed by atoms with van der Waals surface area (Å²) in [6.07, 6.45) is 5.74. The molecule has 0 bridgehead atoms. The summed E-state index contributed by atoms with van der Waals surface area (Å²) in [6, 6.07) is 10.3. The Balaban J connectivity index is 1.55. The van der Waals surface area contributed by atoms with Crippen molar-refractivity contribution < 1.29 is 22.8 Å². The van der Waals surface area contributed by atoms with Crippen molar-refractivity contribution in [2.45, 2.75) is 28.7 Å². The van der Waals surface area contributed by atoms with E-state index in [0.717, 1.165) is 4.90 Å². The van der Waals surface area contributed by atoms with E-state index >= 15 is 0 Å². The Labute approximate surface area is 242 Å². The van der Waals surface area contributed by atoms with Gasteiger partial charge in [0.15, 0.2) is 0 Å². The van der Waals surface area contributed by atoms with Crippen molar-refractivity contribution in [2.75, 3.05) is 32.9 Å². The third-order valence-corrected chi connectivity index (χ3v) is 9.52. The summed E-state index contributed by atoms with van der Waals surface area (Å²) in [4.78, 5) is 40.5. The number of thioether (sulfide) groups is 1. The van der Waals surface area contributed by atoms with Crippen LogP contribution in [0.1, 0.15) is 18.4 Å². The van der Waals surface area contributed by atoms with E-state index in [1.165, 1.54) is 37.0 Å². The molecule has 3 rings (SSSR count). The van der Waals surface area contributed by atoms with Gasteiger partial charge < -0.3 is 15.5 Å². The lowest BCUT2D eigenvalue weighted by Gasteiger charge is -2.31. The average molecular weight is 614 g/mol. The van der Waals surface area contributed by atoms with Gasteiger partial charge in [-0.1, -0.05) is 47.5 Å². The van der Waals surface area contributed by atoms with E-state index in [4.69, 9.17) is 23.2 Å². The number of nitrogens with one attached hydrogen (secondary N) is 3. The number of piperidine rings is 1. The van der Waals surface area contributed by atoms with E-state index in [-0.39, 0.29) is 23.3 Å². The first-order valence-electron chi connectivity index (χ1n) is 12.1. The quantitative estimate of drug-likeness (QED) is 0.280. The Kier molecular flexibility index (Phi) is 11.3. The van der Waals surface area contributed by atoms with Gasteiger partial charge in [0, 0.05) is 43.6 Å². The van der Waals surface area contributed by atoms with Crippen molar-refractivity contribution in [1.82, 2.24) is 20.3 Å². The number of rotatable bonds is 10. The third-order valence-electron chi connectivity index (χ3n) is 6.29. The van der Waals surface area contributed by atoms with E-state index in [1.807, 2.05) is 12.3 Å². The molecule has 3 N–H and O–H groups in total. The van der Waals surface area contributed by atoms with E-state index in [0.29, 0.717) is 41.5 Å². The molecule has 2 aromatic rings. The maximum absolute atomic E-state index is 12.9. The molecule has 39 heavy (non-hydrogen) atoms. The number of likely N-dealkylation sites (N-methyl/N-ethyl adjacent to an activating group) is 1. The molecule has 0 saturated carbocycles. The van der Waals surface area contributed by atoms with Crippen molar-refractivity contribution >= 4 is 68.8 Å². The minimum atomic E-state index is -3.86. The molecule has 9 nitrogen and oxygen atoms in total. The van der Waals surface area contributed by atoms with Gasteiger partial charge in [-0.25, -0.2) is 13.1 Å². The molecule has 1 fully saturated rings. The van der Waals surface area contributed by atoms with E-state index in [1.54, 1.807) is 35.2 Å². The molecule has 0 aromatic heterocycles. The van der Waals surface area contributed by atoms with Crippen LogP contribution in [-0.4, -0.2) is 70.0 Å². The van der Waals surface area contributed by atoms with Gasteiger partial charge in [0.05, 0.1) is 14.9 Å². The number of halogens is 2. The fraction of sp³-hybridized carbons (Fsp3) is 0.346. The van der Waals surface area contributed by atoms with Crippen molar-refractivity contribution in [1.29, 1.82) is 0 Å². The van der Waals surface area contributed by atoms with Crippen molar-refractivity contribution in [3.63, 3.8) is 0 Å². The van der Waals surface area contributed by atoms with Crippen LogP contribution in [0.2, 0.25) is 10.0 Å². The van der Waals surface area contributed by atoms with Crippen LogP contribution in [0.4, 0.5) is 0 Å². The molecule has 210 valence electrons. The molecule has 1 aliphatic heterocycles. The number of likely N-dealkylation sites (tertiary alicyclic amines) is 1. The second kappa shape index (κ2) is 14.2. The van der Waals surface area contributed by atoms with E-state index in [9.17, 15) is 22.8 Å². The Hall–Kier alpha value is -2.57. The minimum Gasteiger partial charge on any atom is -0.357 e. The number of hydrogen-bond acceptors (Lipinski definition) is 6. The molecule has 0 unspecified atom stereocenters. The summed E-state index contributed by atoms with van der Waals surface area (Å²) in [7, 11) is -2.45. The Morgan fingerprint density at radius 3 is 2.36 bits per heavy atom. The molecular weight excluding hydrogens is 583 g/mol. The lowest BCUT2D eigenvalue weighted by atomic mass is 9.95. The van der Waals surface area contributed by atoms with Crippen LogP contribution in [0, 0.1) is 5.92 Å². The Bertz CT molecular complexity index is 1330. The maximum Gasteiger partial charge on any atom is 0.246 e. The first kappa shape index (κ1) is 31.0. The van der Waals surface area contributed by atoms with Crippen LogP contribution < -0.4 is 15.4 Å². The van der Waals surface area contributed by atoms with Gasteiger partial charge in [-0.15, -0.1) is 11.8 Å². The Morgan fingerprint density at radius 1 is 1.08 bits per heavy atom. The molecule has 1 heterocycles. The fourth-order valence-electron chi connectivity index (χ4n) is 4.01. The highest BCUT2D eigenvalue weighted by molar-refractivity contribution is 7.98. The zero-order chi connectivity index (χ0) is 28.6. The SMILES string of the molecule is CNC(=O)[C@H](CNS(=O)(=O)c1ccccc1)NC(=O)C1CCN(C(=O)/C=C/c2ccc(SC)c(Cl)c2Cl)CC1. The zero-order valence-corrected chi connectivity index (χ0v) is 24.6. The van der Waals surface area contributed by atoms with Crippen LogP contribution >= 0.6 is 35.0 Å². The lowest BCUT2D eigenvalue weighted by molar-refractivity contribution is -0.134. The first-order chi connectivity index (χ1) is 18.6. The zero-order valence-electron chi connectivity index (χ0n) is 21.4. The summed E-state index contributed by atoms with van der Waals surface area (Å²) in [5, 5.41) is 5.91. The smallest absolute Gasteiger partial charge is 0.246 e. The summed E-state index contributed by atoms with van der Waals surface area (Å²) in [5.74, 6) is -1.54. The highest BCUT2D eigenvalue weighted by Crippen LogP contribution is 2.35. The minimum absolute atomic E-state index is 0.0559. The van der Waals surface area contributed by atoms with Crippen LogP contribution in [0.3, 0.4) is 0 Å². The number of amides is 3. The number of nitrogens with zero attached hydrogens (tertiary/aromatic N) is 1. The molecular formula is C26H30Cl2N4O5S2. The molecule has 1 atom stereocenters. The number of carbonyl (C=O) groups is 3. The molecule has 1 saturated heterocycles. The van der Waals surface area contributed by atoms with Crippen molar-refractivity contribution in [3.8, 4) is 0 Å². The van der Waals surface area contributed by atoms with Gasteiger partial charge in [-0.2, -0.15) is 0 Å². The van der Waals surface area contributed by atoms with E-state index < -0.39 is 27.9 Å². The highest BCUT2D eigenvalue weighted by atomic mass is 35.5. The molecule has 13 heteroatoms. The standard InChI is InChI=1S/C26H30Cl2N4O5S2/c1-29-26(35)20(16-30-39(36,37)19-6-4-3-5-7-19)31-25(34)18-12-14-32(15-13-18)22(33)11-9-17-8-10-21(38-2)24(28)23(17)27/h3-11,18,20,30H,12-16H2,1-2H3,(H,29,35)(H,31,34)/b11-9+/t20-/m0/s1. The molecule has 2 aromatic carbocycles. The van der Waals surface area contributed by atoms with Crippen LogP contribution in [0.25, 0.3) is 6.08 Å². The molecule has 0 radical (unpaired) electrons. The van der Waals surface area contributed by atoms with Gasteiger partial charge in [0.1, 0.15) is 6.04 Å². The normalized spacial score (nSPS) is 15.2. The Morgan fingerprint density at radius 2 is 1.74 bits per heavy atom. The predicted molar refractivity (Wildman–Crippen MR) is 154 cm³/mol. The largest absolute Gasteiger partial charge is 0.357 e. The number of hydrogen-bond donors (Lipinski definition) is 3. The average Bonchev–Trinajstić information content (AvgIpc) is 2.95. The van der Waals surface area contributed by atoms with Gasteiger partial charge in [-0.05, 0) is 48.9 Å². The second-order valence-electron chi connectivity index (χ2n) is 8.76. The highest BCUT2D eigenvalue weighted by Gasteiger charge is 2.30. The fourth-order valence-corrected chi connectivity index (χ4v) is 6.25. The number of benzene rings is 2. The third kappa shape index (κ3) is 8.21. The van der Waals surface area contributed by atoms with E-state index in [2.05, 4.69) is 15.4 Å². The second-order valence-corrected chi connectivity index (χ2v) is 12.1. The molecule has 1 aliphatic rings. The topological polar surface area (TPSA) is 125 Å². The number of carbonyl (C=O) groups excluding carboxylic acids is 3. The molecule has 0 aliphatic carbocycles. The summed E-state index contributed by atoms with van der Waals surface area (Å²) in [6.45, 7) is 0.397. The van der Waals surface area contributed by atoms with Gasteiger partial charge >= 0.3 is 0 Å². The van der Waals surface area contributed by atoms with Gasteiger partial charge in [0.2, 0.25) is 27.7 Å². The van der Waals surface area contributed by atoms with Gasteiger partial charge in [-0.3, -0.25) is 14.4 Å². The van der Waals surface area contributed by atoms with Crippen LogP contribution in [0.15, 0.2) is 58.3 Å². The lowest BCUT2D eigenvalue weighted by Crippen LogP contribution is -2.54. The molecule has 3 amide bonds. The summed E-state index contributed by atoms with van der Waals surface area (Å²) in [5.41, 5.74) is 0.630. The van der Waals surface area contributed by atoms with Crippen LogP contribution in [-0.2, 0) is 24.4 Å². The van der Waals surface area contributed by atoms with Crippen molar-refractivity contribution in [3.05, 3.63) is 64.1 Å². The molecule has 0 spiro atoms. The van der Waals surface area contributed by atoms with Crippen molar-refractivity contribution in [2.24, 2.45) is 5.92 Å². The first-order valence-corrected chi connectivity index (χ1v) is 15.6. The van der Waals surface area contributed by atoms with Crippen LogP contribution in [0.5, 0.6) is 0 Å². The monoisotopic (exact) mass is 612 g/mol. The predicted octanol–water partition coefficient (Wildman–Crippen LogP) is 3.18. The number of sulfonamides is 1. The maximum atomic E-state index is 12.9.